The van der Waals surface area contributed by atoms with E-state index < -0.39 is 0 Å². The summed E-state index contributed by atoms with van der Waals surface area (Å²) in [6.45, 7) is 17.9. The maximum atomic E-state index is 2.44. The molecule has 1 saturated heterocycles. The molecule has 2 aromatic carbocycles. The Bertz CT molecular complexity index is 619. The predicted molar refractivity (Wildman–Crippen MR) is 138 cm³/mol. The summed E-state index contributed by atoms with van der Waals surface area (Å²) in [6, 6.07) is 19.3. The number of fused-ring (bicyclic) bond motifs is 1. The molecule has 0 atom stereocenters. The van der Waals surface area contributed by atoms with Gasteiger partial charge >= 0.3 is 0 Å². The SMILES string of the molecule is CC.CC.CC.CN1CCCc2ccccc21.CN1CCN(c2ccccc2)CC1. The van der Waals surface area contributed by atoms with Crippen LogP contribution in [0.4, 0.5) is 11.4 Å². The molecule has 0 radical (unpaired) electrons. The van der Waals surface area contributed by atoms with Crippen LogP contribution >= 0.6 is 0 Å². The molecule has 0 N–H and O–H groups in total. The van der Waals surface area contributed by atoms with Gasteiger partial charge in [0.15, 0.2) is 0 Å². The molecule has 3 nitrogen and oxygen atoms in total. The van der Waals surface area contributed by atoms with E-state index in [2.05, 4.69) is 83.4 Å². The molecule has 1 fully saturated rings. The van der Waals surface area contributed by atoms with Crippen molar-refractivity contribution in [2.24, 2.45) is 0 Å². The van der Waals surface area contributed by atoms with Crippen LogP contribution in [0.2, 0.25) is 0 Å². The van der Waals surface area contributed by atoms with E-state index in [1.165, 1.54) is 49.4 Å². The minimum atomic E-state index is 1.15. The third-order valence-corrected chi connectivity index (χ3v) is 4.97. The molecule has 0 spiro atoms. The van der Waals surface area contributed by atoms with Gasteiger partial charge in [0, 0.05) is 51.1 Å². The molecule has 30 heavy (non-hydrogen) atoms. The zero-order valence-electron chi connectivity index (χ0n) is 21.0. The maximum Gasteiger partial charge on any atom is 0.0396 e. The van der Waals surface area contributed by atoms with Crippen molar-refractivity contribution in [3.05, 3.63) is 60.2 Å². The molecular weight excluding hydrogens is 366 g/mol. The number of piperazine rings is 1. The van der Waals surface area contributed by atoms with Gasteiger partial charge in [0.05, 0.1) is 0 Å². The summed E-state index contributed by atoms with van der Waals surface area (Å²) >= 11 is 0. The van der Waals surface area contributed by atoms with Crippen molar-refractivity contribution in [3.63, 3.8) is 0 Å². The molecule has 0 bridgehead atoms. The summed E-state index contributed by atoms with van der Waals surface area (Å²) in [5, 5.41) is 0. The van der Waals surface area contributed by atoms with Crippen LogP contribution in [-0.4, -0.2) is 51.7 Å². The normalized spacial score (nSPS) is 14.8. The van der Waals surface area contributed by atoms with Crippen molar-refractivity contribution in [1.82, 2.24) is 4.90 Å². The molecule has 0 saturated carbocycles. The Balaban J connectivity index is 0.000000453. The first-order chi connectivity index (χ1) is 14.7. The van der Waals surface area contributed by atoms with E-state index in [1.54, 1.807) is 0 Å². The van der Waals surface area contributed by atoms with E-state index in [1.807, 2.05) is 41.5 Å². The van der Waals surface area contributed by atoms with Gasteiger partial charge in [-0.05, 0) is 43.7 Å². The monoisotopic (exact) mass is 413 g/mol. The quantitative estimate of drug-likeness (QED) is 0.522. The minimum Gasteiger partial charge on any atom is -0.374 e. The molecule has 4 rings (SSSR count). The van der Waals surface area contributed by atoms with Crippen molar-refractivity contribution in [2.45, 2.75) is 54.4 Å². The summed E-state index contributed by atoms with van der Waals surface area (Å²) in [5.74, 6) is 0. The first kappa shape index (κ1) is 28.0. The molecular formula is C27H47N3. The third-order valence-electron chi connectivity index (χ3n) is 4.97. The van der Waals surface area contributed by atoms with Crippen LogP contribution in [0.15, 0.2) is 54.6 Å². The second-order valence-electron chi connectivity index (χ2n) is 6.78. The lowest BCUT2D eigenvalue weighted by Gasteiger charge is -2.33. The average Bonchev–Trinajstić information content (AvgIpc) is 2.85. The number of benzene rings is 2. The molecule has 2 aromatic rings. The molecule has 0 amide bonds. The lowest BCUT2D eigenvalue weighted by atomic mass is 10.0. The molecule has 2 aliphatic heterocycles. The number of hydrogen-bond acceptors (Lipinski definition) is 3. The highest BCUT2D eigenvalue weighted by Crippen LogP contribution is 2.24. The second-order valence-corrected chi connectivity index (χ2v) is 6.78. The molecule has 0 aliphatic carbocycles. The molecule has 2 aliphatic rings. The smallest absolute Gasteiger partial charge is 0.0396 e. The fraction of sp³-hybridized carbons (Fsp3) is 0.556. The van der Waals surface area contributed by atoms with Crippen molar-refractivity contribution in [2.75, 3.05) is 56.6 Å². The van der Waals surface area contributed by atoms with Gasteiger partial charge in [-0.3, -0.25) is 0 Å². The minimum absolute atomic E-state index is 1.15. The number of rotatable bonds is 1. The van der Waals surface area contributed by atoms with Crippen molar-refractivity contribution >= 4 is 11.4 Å². The number of hydrogen-bond donors (Lipinski definition) is 0. The van der Waals surface area contributed by atoms with E-state index in [9.17, 15) is 0 Å². The highest BCUT2D eigenvalue weighted by molar-refractivity contribution is 5.54. The van der Waals surface area contributed by atoms with Crippen LogP contribution in [-0.2, 0) is 6.42 Å². The Morgan fingerprint density at radius 1 is 0.600 bits per heavy atom. The summed E-state index contributed by atoms with van der Waals surface area (Å²) < 4.78 is 0. The molecule has 3 heteroatoms. The average molecular weight is 414 g/mol. The first-order valence-corrected chi connectivity index (χ1v) is 12.0. The van der Waals surface area contributed by atoms with Crippen molar-refractivity contribution in [3.8, 4) is 0 Å². The number of likely N-dealkylation sites (N-methyl/N-ethyl adjacent to an activating group) is 1. The summed E-state index contributed by atoms with van der Waals surface area (Å²) in [5.41, 5.74) is 4.27. The van der Waals surface area contributed by atoms with Gasteiger partial charge in [-0.1, -0.05) is 77.9 Å². The van der Waals surface area contributed by atoms with Crippen LogP contribution in [0.25, 0.3) is 0 Å². The van der Waals surface area contributed by atoms with E-state index in [0.717, 1.165) is 13.1 Å². The lowest BCUT2D eigenvalue weighted by Crippen LogP contribution is -2.44. The molecule has 2 heterocycles. The van der Waals surface area contributed by atoms with Crippen LogP contribution in [0.1, 0.15) is 53.5 Å². The van der Waals surface area contributed by atoms with E-state index in [0.29, 0.717) is 0 Å². The van der Waals surface area contributed by atoms with Crippen molar-refractivity contribution < 1.29 is 0 Å². The van der Waals surface area contributed by atoms with Gasteiger partial charge in [-0.15, -0.1) is 0 Å². The van der Waals surface area contributed by atoms with Gasteiger partial charge in [0.1, 0.15) is 0 Å². The zero-order chi connectivity index (χ0) is 22.8. The Hall–Kier alpha value is -2.00. The van der Waals surface area contributed by atoms with Gasteiger partial charge in [-0.25, -0.2) is 0 Å². The summed E-state index contributed by atoms with van der Waals surface area (Å²) in [6.07, 6.45) is 2.55. The van der Waals surface area contributed by atoms with E-state index in [4.69, 9.17) is 0 Å². The van der Waals surface area contributed by atoms with E-state index in [-0.39, 0.29) is 0 Å². The Morgan fingerprint density at radius 3 is 1.70 bits per heavy atom. The largest absolute Gasteiger partial charge is 0.374 e. The predicted octanol–water partition coefficient (Wildman–Crippen LogP) is 6.59. The summed E-state index contributed by atoms with van der Waals surface area (Å²) in [7, 11) is 4.35. The van der Waals surface area contributed by atoms with E-state index >= 15 is 0 Å². The number of nitrogens with zero attached hydrogens (tertiary/aromatic N) is 3. The van der Waals surface area contributed by atoms with Gasteiger partial charge in [0.2, 0.25) is 0 Å². The van der Waals surface area contributed by atoms with Crippen molar-refractivity contribution in [1.29, 1.82) is 0 Å². The highest BCUT2D eigenvalue weighted by Gasteiger charge is 2.13. The number of anilines is 2. The van der Waals surface area contributed by atoms with Crippen LogP contribution in [0.5, 0.6) is 0 Å². The Labute approximate surface area is 187 Å². The third kappa shape index (κ3) is 9.67. The van der Waals surface area contributed by atoms with Crippen LogP contribution < -0.4 is 9.80 Å². The highest BCUT2D eigenvalue weighted by atomic mass is 15.2. The standard InChI is InChI=1S/C11H16N2.C10H13N.3C2H6/c1-12-7-9-13(10-8-12)11-5-3-2-4-6-11;1-11-8-4-6-9-5-2-3-7-10(9)11;3*1-2/h2-6H,7-10H2,1H3;2-3,5,7H,4,6,8H2,1H3;3*1-2H3. The van der Waals surface area contributed by atoms with Gasteiger partial charge in [0.25, 0.3) is 0 Å². The van der Waals surface area contributed by atoms with Gasteiger partial charge in [-0.2, -0.15) is 0 Å². The molecule has 0 aromatic heterocycles. The topological polar surface area (TPSA) is 9.72 Å². The fourth-order valence-electron chi connectivity index (χ4n) is 3.43. The zero-order valence-corrected chi connectivity index (χ0v) is 21.0. The Morgan fingerprint density at radius 2 is 1.13 bits per heavy atom. The lowest BCUT2D eigenvalue weighted by molar-refractivity contribution is 0.313. The fourth-order valence-corrected chi connectivity index (χ4v) is 3.43. The molecule has 0 unspecified atom stereocenters. The maximum absolute atomic E-state index is 2.44. The van der Waals surface area contributed by atoms with Crippen LogP contribution in [0.3, 0.4) is 0 Å². The Kier molecular flexibility index (Phi) is 16.6. The van der Waals surface area contributed by atoms with Crippen LogP contribution in [0, 0.1) is 0 Å². The second kappa shape index (κ2) is 17.8. The number of aryl methyl sites for hydroxylation is 1. The first-order valence-electron chi connectivity index (χ1n) is 12.0. The van der Waals surface area contributed by atoms with Gasteiger partial charge < -0.3 is 14.7 Å². The molecule has 170 valence electrons. The number of para-hydroxylation sites is 2. The summed E-state index contributed by atoms with van der Waals surface area (Å²) in [4.78, 5) is 7.15.